The fraction of sp³-hybridized carbons (Fsp3) is 0.261. The number of ether oxygens (including phenoxy) is 1. The first kappa shape index (κ1) is 25.8. The smallest absolute Gasteiger partial charge is 0.416 e. The van der Waals surface area contributed by atoms with Crippen LogP contribution in [-0.4, -0.2) is 50.9 Å². The van der Waals surface area contributed by atoms with Gasteiger partial charge in [-0.2, -0.15) is 9.61 Å². The van der Waals surface area contributed by atoms with E-state index in [1.807, 2.05) is 0 Å². The summed E-state index contributed by atoms with van der Waals surface area (Å²) in [6.45, 7) is 5.34. The van der Waals surface area contributed by atoms with Crippen molar-refractivity contribution in [2.75, 3.05) is 11.2 Å². The Morgan fingerprint density at radius 3 is 2.42 bits per heavy atom. The van der Waals surface area contributed by atoms with E-state index in [4.69, 9.17) is 27.9 Å². The number of nitrogens with zero attached hydrogens (tertiary/aromatic N) is 6. The highest BCUT2D eigenvalue weighted by molar-refractivity contribution is 7.90. The van der Waals surface area contributed by atoms with Crippen LogP contribution in [-0.2, 0) is 21.1 Å². The Labute approximate surface area is 217 Å². The minimum Gasteiger partial charge on any atom is -0.443 e. The number of carbonyl (C=O) groups excluding carboxylic acids is 1. The van der Waals surface area contributed by atoms with Gasteiger partial charge in [0.1, 0.15) is 11.4 Å². The Morgan fingerprint density at radius 2 is 1.81 bits per heavy atom. The highest BCUT2D eigenvalue weighted by Gasteiger charge is 2.27. The van der Waals surface area contributed by atoms with Crippen molar-refractivity contribution in [1.82, 2.24) is 24.6 Å². The summed E-state index contributed by atoms with van der Waals surface area (Å²) in [5, 5.41) is 4.86. The van der Waals surface area contributed by atoms with Crippen LogP contribution in [0.1, 0.15) is 26.3 Å². The molecule has 13 heteroatoms. The second-order valence-corrected chi connectivity index (χ2v) is 11.7. The number of benzene rings is 1. The van der Waals surface area contributed by atoms with Gasteiger partial charge in [-0.1, -0.05) is 29.3 Å². The molecule has 188 valence electrons. The van der Waals surface area contributed by atoms with Crippen LogP contribution in [0.3, 0.4) is 0 Å². The molecule has 0 fully saturated rings. The van der Waals surface area contributed by atoms with Crippen LogP contribution < -0.4 is 4.90 Å². The first-order valence-electron chi connectivity index (χ1n) is 10.6. The molecule has 0 unspecified atom stereocenters. The molecule has 3 heterocycles. The molecule has 0 N–H and O–H groups in total. The molecule has 0 saturated heterocycles. The highest BCUT2D eigenvalue weighted by Crippen LogP contribution is 2.29. The Balaban J connectivity index is 1.85. The number of halogens is 2. The summed E-state index contributed by atoms with van der Waals surface area (Å²) in [6.07, 6.45) is 4.65. The molecule has 36 heavy (non-hydrogen) atoms. The summed E-state index contributed by atoms with van der Waals surface area (Å²) in [5.74, 6) is 0.340. The summed E-state index contributed by atoms with van der Waals surface area (Å²) in [5.41, 5.74) is 1.14. The number of carbonyl (C=O) groups is 1. The van der Waals surface area contributed by atoms with Crippen LogP contribution in [0.25, 0.3) is 16.9 Å². The van der Waals surface area contributed by atoms with Crippen molar-refractivity contribution in [3.63, 3.8) is 0 Å². The second kappa shape index (κ2) is 9.64. The van der Waals surface area contributed by atoms with Crippen LogP contribution in [0.5, 0.6) is 0 Å². The van der Waals surface area contributed by atoms with Crippen molar-refractivity contribution in [1.29, 1.82) is 0 Å². The zero-order valence-electron chi connectivity index (χ0n) is 19.8. The van der Waals surface area contributed by atoms with Crippen molar-refractivity contribution in [2.45, 2.75) is 38.1 Å². The number of fused-ring (bicyclic) bond motifs is 1. The van der Waals surface area contributed by atoms with Crippen molar-refractivity contribution in [3.05, 3.63) is 64.5 Å². The molecule has 0 radical (unpaired) electrons. The number of amides is 1. The molecular weight excluding hydrogens is 527 g/mol. The van der Waals surface area contributed by atoms with E-state index in [1.54, 1.807) is 57.3 Å². The van der Waals surface area contributed by atoms with Gasteiger partial charge in [0.05, 0.1) is 18.4 Å². The monoisotopic (exact) mass is 548 g/mol. The maximum Gasteiger partial charge on any atom is 0.416 e. The lowest BCUT2D eigenvalue weighted by molar-refractivity contribution is 0.0575. The Kier molecular flexibility index (Phi) is 6.91. The van der Waals surface area contributed by atoms with Crippen molar-refractivity contribution in [2.24, 2.45) is 0 Å². The number of aromatic nitrogens is 5. The van der Waals surface area contributed by atoms with Crippen molar-refractivity contribution < 1.29 is 17.9 Å². The summed E-state index contributed by atoms with van der Waals surface area (Å²) in [7, 11) is -3.57. The molecule has 0 atom stereocenters. The van der Waals surface area contributed by atoms with E-state index >= 15 is 0 Å². The molecule has 0 bridgehead atoms. The lowest BCUT2D eigenvalue weighted by Gasteiger charge is -2.28. The minimum atomic E-state index is -3.57. The van der Waals surface area contributed by atoms with Crippen molar-refractivity contribution >= 4 is 50.6 Å². The molecule has 0 aliphatic carbocycles. The third-order valence-corrected chi connectivity index (χ3v) is 6.29. The number of sulfone groups is 1. The fourth-order valence-electron chi connectivity index (χ4n) is 3.25. The minimum absolute atomic E-state index is 0.0485. The van der Waals surface area contributed by atoms with Gasteiger partial charge in [-0.15, -0.1) is 0 Å². The van der Waals surface area contributed by atoms with Crippen LogP contribution in [0.4, 0.5) is 10.6 Å². The Bertz CT molecular complexity index is 1550. The number of rotatable bonds is 5. The topological polar surface area (TPSA) is 120 Å². The molecule has 4 aromatic rings. The highest BCUT2D eigenvalue weighted by atomic mass is 35.5. The third-order valence-electron chi connectivity index (χ3n) is 4.83. The zero-order valence-corrected chi connectivity index (χ0v) is 22.1. The summed E-state index contributed by atoms with van der Waals surface area (Å²) >= 11 is 12.5. The predicted octanol–water partition coefficient (Wildman–Crippen LogP) is 4.84. The zero-order chi connectivity index (χ0) is 26.3. The Hall–Kier alpha value is -3.28. The van der Waals surface area contributed by atoms with E-state index in [-0.39, 0.29) is 11.7 Å². The van der Waals surface area contributed by atoms with Gasteiger partial charge in [-0.25, -0.2) is 28.2 Å². The number of hydrogen-bond acceptors (Lipinski definition) is 8. The van der Waals surface area contributed by atoms with E-state index in [1.165, 1.54) is 21.8 Å². The molecule has 0 aliphatic rings. The van der Waals surface area contributed by atoms with Gasteiger partial charge >= 0.3 is 6.09 Å². The molecule has 10 nitrogen and oxygen atoms in total. The van der Waals surface area contributed by atoms with Gasteiger partial charge in [-0.05, 0) is 38.5 Å². The Morgan fingerprint density at radius 1 is 1.11 bits per heavy atom. The van der Waals surface area contributed by atoms with Gasteiger partial charge in [-0.3, -0.25) is 4.90 Å². The average Bonchev–Trinajstić information content (AvgIpc) is 3.25. The van der Waals surface area contributed by atoms with Gasteiger partial charge in [0.2, 0.25) is 15.0 Å². The third kappa shape index (κ3) is 5.75. The molecule has 1 aromatic carbocycles. The van der Waals surface area contributed by atoms with Crippen LogP contribution in [0.15, 0.2) is 54.1 Å². The van der Waals surface area contributed by atoms with E-state index in [2.05, 4.69) is 20.1 Å². The van der Waals surface area contributed by atoms with Crippen molar-refractivity contribution in [3.8, 4) is 11.3 Å². The maximum atomic E-state index is 13.4. The number of hydrogen-bond donors (Lipinski definition) is 0. The van der Waals surface area contributed by atoms with E-state index in [0.29, 0.717) is 38.3 Å². The largest absolute Gasteiger partial charge is 0.443 e. The number of anilines is 1. The molecule has 1 amide bonds. The molecule has 3 aromatic heterocycles. The molecule has 0 spiro atoms. The molecule has 4 rings (SSSR count). The first-order valence-corrected chi connectivity index (χ1v) is 13.3. The SMILES string of the molecule is CC(C)(C)OC(=O)N(Cc1ccc(Cl)cc1Cl)c1cc(-c2cnc(S(C)(=O)=O)nc2)nc2ccnn12. The van der Waals surface area contributed by atoms with Crippen LogP contribution in [0.2, 0.25) is 10.0 Å². The van der Waals surface area contributed by atoms with Gasteiger partial charge in [0, 0.05) is 46.4 Å². The summed E-state index contributed by atoms with van der Waals surface area (Å²) < 4.78 is 30.7. The summed E-state index contributed by atoms with van der Waals surface area (Å²) in [4.78, 5) is 27.2. The van der Waals surface area contributed by atoms with Gasteiger partial charge in [0.25, 0.3) is 0 Å². The van der Waals surface area contributed by atoms with Gasteiger partial charge < -0.3 is 4.74 Å². The van der Waals surface area contributed by atoms with E-state index in [0.717, 1.165) is 6.26 Å². The maximum absolute atomic E-state index is 13.4. The standard InChI is InChI=1S/C23H22Cl2N6O4S/c1-23(2,3)35-22(32)30(13-14-5-6-16(24)9-17(14)25)20-10-18(29-19-7-8-28-31(19)20)15-11-26-21(27-12-15)36(4,33)34/h5-12H,13H2,1-4H3. The molecule has 0 saturated carbocycles. The van der Waals surface area contributed by atoms with E-state index < -0.39 is 21.5 Å². The van der Waals surface area contributed by atoms with Crippen LogP contribution in [0, 0.1) is 0 Å². The summed E-state index contributed by atoms with van der Waals surface area (Å²) in [6, 6.07) is 8.28. The first-order chi connectivity index (χ1) is 16.8. The molecular formula is C23H22Cl2N6O4S. The van der Waals surface area contributed by atoms with Crippen LogP contribution >= 0.6 is 23.2 Å². The quantitative estimate of drug-likeness (QED) is 0.325. The second-order valence-electron chi connectivity index (χ2n) is 8.93. The van der Waals surface area contributed by atoms with Gasteiger partial charge in [0.15, 0.2) is 5.65 Å². The normalized spacial score (nSPS) is 12.1. The lowest BCUT2D eigenvalue weighted by atomic mass is 10.2. The predicted molar refractivity (Wildman–Crippen MR) is 136 cm³/mol. The fourth-order valence-corrected chi connectivity index (χ4v) is 4.21. The van der Waals surface area contributed by atoms with E-state index in [9.17, 15) is 13.2 Å². The lowest BCUT2D eigenvalue weighted by Crippen LogP contribution is -2.37. The molecule has 0 aliphatic heterocycles. The average molecular weight is 549 g/mol.